The average Bonchev–Trinajstić information content (AvgIpc) is 2.24. The van der Waals surface area contributed by atoms with Gasteiger partial charge in [-0.2, -0.15) is 0 Å². The van der Waals surface area contributed by atoms with Crippen molar-refractivity contribution in [3.05, 3.63) is 0 Å². The van der Waals surface area contributed by atoms with Crippen molar-refractivity contribution in [1.82, 2.24) is 0 Å². The molecule has 0 aromatic carbocycles. The van der Waals surface area contributed by atoms with Crippen molar-refractivity contribution in [2.75, 3.05) is 0 Å². The van der Waals surface area contributed by atoms with Crippen LogP contribution in [0.3, 0.4) is 0 Å². The van der Waals surface area contributed by atoms with Gasteiger partial charge in [-0.05, 0) is 35.0 Å². The van der Waals surface area contributed by atoms with E-state index in [0.717, 1.165) is 29.6 Å². The molecule has 0 nitrogen and oxygen atoms in total. The maximum Gasteiger partial charge on any atom is -0.0277 e. The summed E-state index contributed by atoms with van der Waals surface area (Å²) in [6, 6.07) is 0. The molecule has 0 aliphatic heterocycles. The molecule has 0 saturated carbocycles. The summed E-state index contributed by atoms with van der Waals surface area (Å²) < 4.78 is 0. The zero-order valence-corrected chi connectivity index (χ0v) is 13.1. The predicted octanol–water partition coefficient (Wildman–Crippen LogP) is 5.62. The van der Waals surface area contributed by atoms with Crippen molar-refractivity contribution >= 4 is 0 Å². The van der Waals surface area contributed by atoms with E-state index >= 15 is 0 Å². The molecule has 0 N–H and O–H groups in total. The highest BCUT2D eigenvalue weighted by molar-refractivity contribution is 4.86. The Hall–Kier alpha value is 0. The van der Waals surface area contributed by atoms with E-state index in [1.807, 2.05) is 0 Å². The first-order valence-electron chi connectivity index (χ1n) is 7.18. The van der Waals surface area contributed by atoms with Gasteiger partial charge in [0.15, 0.2) is 0 Å². The monoisotopic (exact) mass is 226 g/mol. The van der Waals surface area contributed by atoms with Crippen LogP contribution in [0.1, 0.15) is 68.7 Å². The van der Waals surface area contributed by atoms with Crippen molar-refractivity contribution < 1.29 is 0 Å². The van der Waals surface area contributed by atoms with Crippen molar-refractivity contribution in [3.63, 3.8) is 0 Å². The van der Waals surface area contributed by atoms with Crippen LogP contribution in [0.15, 0.2) is 0 Å². The molecule has 4 atom stereocenters. The topological polar surface area (TPSA) is 0 Å². The summed E-state index contributed by atoms with van der Waals surface area (Å²) in [7, 11) is 0. The molecular weight excluding hydrogens is 192 g/mol. The standard InChI is InChI=1S/C16H34/c1-10-16(9,12(4)5)15(8)14(7)13(6)11(2)3/h11-15H,10H2,1-9H3. The van der Waals surface area contributed by atoms with Crippen LogP contribution in [0.5, 0.6) is 0 Å². The third-order valence-corrected chi connectivity index (χ3v) is 5.79. The Labute approximate surface area is 104 Å². The van der Waals surface area contributed by atoms with Gasteiger partial charge in [0, 0.05) is 0 Å². The average molecular weight is 226 g/mol. The van der Waals surface area contributed by atoms with E-state index in [0.29, 0.717) is 5.41 Å². The van der Waals surface area contributed by atoms with Crippen LogP contribution in [-0.2, 0) is 0 Å². The Morgan fingerprint density at radius 2 is 1.25 bits per heavy atom. The van der Waals surface area contributed by atoms with Crippen LogP contribution in [0.2, 0.25) is 0 Å². The first-order chi connectivity index (χ1) is 7.18. The first-order valence-corrected chi connectivity index (χ1v) is 7.18. The minimum absolute atomic E-state index is 0.489. The summed E-state index contributed by atoms with van der Waals surface area (Å²) in [4.78, 5) is 0. The van der Waals surface area contributed by atoms with Gasteiger partial charge in [0.25, 0.3) is 0 Å². The predicted molar refractivity (Wildman–Crippen MR) is 75.6 cm³/mol. The zero-order chi connectivity index (χ0) is 13.1. The minimum Gasteiger partial charge on any atom is -0.0648 e. The summed E-state index contributed by atoms with van der Waals surface area (Å²) in [6.07, 6.45) is 1.29. The van der Waals surface area contributed by atoms with E-state index in [1.54, 1.807) is 0 Å². The first kappa shape index (κ1) is 16.0. The maximum absolute atomic E-state index is 2.48. The Morgan fingerprint density at radius 1 is 0.812 bits per heavy atom. The highest BCUT2D eigenvalue weighted by atomic mass is 14.4. The Morgan fingerprint density at radius 3 is 1.50 bits per heavy atom. The number of rotatable bonds is 6. The largest absolute Gasteiger partial charge is 0.0648 e. The Kier molecular flexibility index (Phi) is 6.07. The van der Waals surface area contributed by atoms with Crippen molar-refractivity contribution in [1.29, 1.82) is 0 Å². The van der Waals surface area contributed by atoms with Crippen molar-refractivity contribution in [2.45, 2.75) is 68.7 Å². The highest BCUT2D eigenvalue weighted by Crippen LogP contribution is 2.45. The van der Waals surface area contributed by atoms with Gasteiger partial charge in [-0.15, -0.1) is 0 Å². The number of hydrogen-bond acceptors (Lipinski definition) is 0. The van der Waals surface area contributed by atoms with E-state index in [9.17, 15) is 0 Å². The second-order valence-electron chi connectivity index (χ2n) is 6.76. The van der Waals surface area contributed by atoms with Crippen molar-refractivity contribution in [3.8, 4) is 0 Å². The summed E-state index contributed by atoms with van der Waals surface area (Å²) in [5, 5.41) is 0. The molecule has 98 valence electrons. The van der Waals surface area contributed by atoms with Gasteiger partial charge in [0.2, 0.25) is 0 Å². The molecule has 0 rings (SSSR count). The van der Waals surface area contributed by atoms with Crippen LogP contribution in [-0.4, -0.2) is 0 Å². The van der Waals surface area contributed by atoms with E-state index in [1.165, 1.54) is 6.42 Å². The molecule has 0 aromatic heterocycles. The van der Waals surface area contributed by atoms with Gasteiger partial charge in [0.1, 0.15) is 0 Å². The molecule has 4 unspecified atom stereocenters. The molecule has 0 heteroatoms. The van der Waals surface area contributed by atoms with Gasteiger partial charge in [-0.1, -0.05) is 68.7 Å². The van der Waals surface area contributed by atoms with Crippen LogP contribution in [0, 0.1) is 35.0 Å². The molecule has 0 fully saturated rings. The van der Waals surface area contributed by atoms with E-state index in [2.05, 4.69) is 62.3 Å². The van der Waals surface area contributed by atoms with Gasteiger partial charge < -0.3 is 0 Å². The maximum atomic E-state index is 2.48. The van der Waals surface area contributed by atoms with Gasteiger partial charge in [-0.3, -0.25) is 0 Å². The van der Waals surface area contributed by atoms with Crippen LogP contribution >= 0.6 is 0 Å². The lowest BCUT2D eigenvalue weighted by molar-refractivity contribution is 0.0481. The second kappa shape index (κ2) is 6.07. The Balaban J connectivity index is 4.82. The lowest BCUT2D eigenvalue weighted by Gasteiger charge is -2.44. The summed E-state index contributed by atoms with van der Waals surface area (Å²) in [5.41, 5.74) is 0.489. The molecule has 0 aliphatic rings. The molecule has 0 radical (unpaired) electrons. The Bertz CT molecular complexity index is 192. The SMILES string of the molecule is CCC(C)(C(C)C)C(C)C(C)C(C)C(C)C. The van der Waals surface area contributed by atoms with Crippen LogP contribution < -0.4 is 0 Å². The molecular formula is C16H34. The quantitative estimate of drug-likeness (QED) is 0.551. The van der Waals surface area contributed by atoms with E-state index < -0.39 is 0 Å². The molecule has 0 spiro atoms. The molecule has 0 aromatic rings. The minimum atomic E-state index is 0.489. The molecule has 0 bridgehead atoms. The van der Waals surface area contributed by atoms with Gasteiger partial charge in [-0.25, -0.2) is 0 Å². The fourth-order valence-corrected chi connectivity index (χ4v) is 2.92. The summed E-state index contributed by atoms with van der Waals surface area (Å²) >= 11 is 0. The van der Waals surface area contributed by atoms with Gasteiger partial charge in [0.05, 0.1) is 0 Å². The molecule has 0 amide bonds. The fraction of sp³-hybridized carbons (Fsp3) is 1.00. The lowest BCUT2D eigenvalue weighted by atomic mass is 9.61. The molecule has 0 saturated heterocycles. The van der Waals surface area contributed by atoms with Crippen LogP contribution in [0.4, 0.5) is 0 Å². The zero-order valence-electron chi connectivity index (χ0n) is 13.1. The summed E-state index contributed by atoms with van der Waals surface area (Å²) in [6.45, 7) is 21.6. The smallest absolute Gasteiger partial charge is 0.0277 e. The normalized spacial score (nSPS) is 21.9. The fourth-order valence-electron chi connectivity index (χ4n) is 2.92. The summed E-state index contributed by atoms with van der Waals surface area (Å²) in [5.74, 6) is 4.00. The lowest BCUT2D eigenvalue weighted by Crippen LogP contribution is -2.37. The van der Waals surface area contributed by atoms with Crippen molar-refractivity contribution in [2.24, 2.45) is 35.0 Å². The van der Waals surface area contributed by atoms with Gasteiger partial charge >= 0.3 is 0 Å². The molecule has 0 aliphatic carbocycles. The third kappa shape index (κ3) is 3.25. The second-order valence-corrected chi connectivity index (χ2v) is 6.76. The van der Waals surface area contributed by atoms with Crippen LogP contribution in [0.25, 0.3) is 0 Å². The number of hydrogen-bond donors (Lipinski definition) is 0. The van der Waals surface area contributed by atoms with E-state index in [-0.39, 0.29) is 0 Å². The molecule has 0 heterocycles. The third-order valence-electron chi connectivity index (χ3n) is 5.79. The highest BCUT2D eigenvalue weighted by Gasteiger charge is 2.37. The van der Waals surface area contributed by atoms with E-state index in [4.69, 9.17) is 0 Å². The molecule has 16 heavy (non-hydrogen) atoms.